The summed E-state index contributed by atoms with van der Waals surface area (Å²) in [4.78, 5) is 48.6. The number of hydrogen-bond donors (Lipinski definition) is 8. The molecular formula is C19H37N5O7. The molecule has 0 aliphatic rings. The SMILES string of the molecule is CC(C)CC(NC(=O)C(N)C(C)O)C(=O)NC(CO)C(=O)NC(CCCCN)C(=O)O. The predicted octanol–water partition coefficient (Wildman–Crippen LogP) is -2.60. The number of carboxylic acid groups (broad SMARTS) is 1. The molecule has 0 heterocycles. The molecule has 10 N–H and O–H groups in total. The van der Waals surface area contributed by atoms with E-state index in [0.29, 0.717) is 19.4 Å². The first-order valence-electron chi connectivity index (χ1n) is 10.3. The topological polar surface area (TPSA) is 217 Å². The van der Waals surface area contributed by atoms with E-state index in [2.05, 4.69) is 16.0 Å². The zero-order chi connectivity index (χ0) is 24.1. The summed E-state index contributed by atoms with van der Waals surface area (Å²) >= 11 is 0. The van der Waals surface area contributed by atoms with Crippen LogP contribution >= 0.6 is 0 Å². The molecule has 12 nitrogen and oxygen atoms in total. The Morgan fingerprint density at radius 3 is 1.84 bits per heavy atom. The van der Waals surface area contributed by atoms with Gasteiger partial charge in [-0.3, -0.25) is 14.4 Å². The van der Waals surface area contributed by atoms with Crippen LogP contribution in [0.15, 0.2) is 0 Å². The lowest BCUT2D eigenvalue weighted by Gasteiger charge is -2.25. The highest BCUT2D eigenvalue weighted by Gasteiger charge is 2.30. The third-order valence-corrected chi connectivity index (χ3v) is 4.54. The van der Waals surface area contributed by atoms with Gasteiger partial charge in [0.1, 0.15) is 24.2 Å². The van der Waals surface area contributed by atoms with Gasteiger partial charge in [-0.25, -0.2) is 4.79 Å². The molecule has 0 aliphatic heterocycles. The Morgan fingerprint density at radius 2 is 1.39 bits per heavy atom. The van der Waals surface area contributed by atoms with E-state index in [1.54, 1.807) is 0 Å². The second kappa shape index (κ2) is 14.7. The monoisotopic (exact) mass is 447 g/mol. The van der Waals surface area contributed by atoms with Crippen molar-refractivity contribution in [2.75, 3.05) is 13.2 Å². The number of nitrogens with two attached hydrogens (primary N) is 2. The predicted molar refractivity (Wildman–Crippen MR) is 113 cm³/mol. The van der Waals surface area contributed by atoms with Gasteiger partial charge in [0.25, 0.3) is 0 Å². The van der Waals surface area contributed by atoms with Crippen LogP contribution in [0.2, 0.25) is 0 Å². The number of aliphatic hydroxyl groups excluding tert-OH is 2. The molecule has 3 amide bonds. The van der Waals surface area contributed by atoms with Crippen LogP contribution in [0.3, 0.4) is 0 Å². The summed E-state index contributed by atoms with van der Waals surface area (Å²) in [5.74, 6) is -3.62. The van der Waals surface area contributed by atoms with Crippen LogP contribution in [0.5, 0.6) is 0 Å². The number of aliphatic hydroxyl groups is 2. The van der Waals surface area contributed by atoms with E-state index < -0.39 is 60.6 Å². The van der Waals surface area contributed by atoms with Gasteiger partial charge in [0.2, 0.25) is 17.7 Å². The first-order chi connectivity index (χ1) is 14.4. The Kier molecular flexibility index (Phi) is 13.6. The fourth-order valence-corrected chi connectivity index (χ4v) is 2.68. The third kappa shape index (κ3) is 11.1. The largest absolute Gasteiger partial charge is 0.480 e. The van der Waals surface area contributed by atoms with Gasteiger partial charge in [-0.05, 0) is 45.1 Å². The van der Waals surface area contributed by atoms with E-state index in [9.17, 15) is 34.5 Å². The number of aliphatic carboxylic acids is 1. The van der Waals surface area contributed by atoms with E-state index in [1.807, 2.05) is 13.8 Å². The zero-order valence-electron chi connectivity index (χ0n) is 18.3. The quantitative estimate of drug-likeness (QED) is 0.123. The number of rotatable bonds is 15. The Balaban J connectivity index is 5.18. The molecule has 0 bridgehead atoms. The summed E-state index contributed by atoms with van der Waals surface area (Å²) < 4.78 is 0. The maximum atomic E-state index is 12.7. The van der Waals surface area contributed by atoms with Crippen LogP contribution in [0.4, 0.5) is 0 Å². The Bertz CT molecular complexity index is 600. The van der Waals surface area contributed by atoms with Crippen molar-refractivity contribution in [3.05, 3.63) is 0 Å². The molecule has 0 rings (SSSR count). The van der Waals surface area contributed by atoms with Gasteiger partial charge < -0.3 is 42.7 Å². The fourth-order valence-electron chi connectivity index (χ4n) is 2.68. The normalized spacial score (nSPS) is 16.0. The first-order valence-corrected chi connectivity index (χ1v) is 10.3. The summed E-state index contributed by atoms with van der Waals surface area (Å²) in [5, 5.41) is 35.3. The standard InChI is InChI=1S/C19H37N5O7/c1-10(2)8-13(23-18(29)15(21)11(3)26)16(27)24-14(9-25)17(28)22-12(19(30)31)6-4-5-7-20/h10-15,25-26H,4-9,20-21H2,1-3H3,(H,22,28)(H,23,29)(H,24,27)(H,30,31). The molecule has 0 saturated heterocycles. The van der Waals surface area contributed by atoms with E-state index in [1.165, 1.54) is 6.92 Å². The molecule has 0 aromatic carbocycles. The Labute approximate surface area is 182 Å². The second-order valence-corrected chi connectivity index (χ2v) is 7.88. The van der Waals surface area contributed by atoms with E-state index in [4.69, 9.17) is 11.5 Å². The number of unbranched alkanes of at least 4 members (excludes halogenated alkanes) is 1. The smallest absolute Gasteiger partial charge is 0.326 e. The number of hydrogen-bond acceptors (Lipinski definition) is 8. The Morgan fingerprint density at radius 1 is 0.871 bits per heavy atom. The molecule has 31 heavy (non-hydrogen) atoms. The average Bonchev–Trinajstić information content (AvgIpc) is 2.69. The van der Waals surface area contributed by atoms with Crippen LogP contribution in [0.25, 0.3) is 0 Å². The second-order valence-electron chi connectivity index (χ2n) is 7.88. The molecular weight excluding hydrogens is 410 g/mol. The minimum absolute atomic E-state index is 0.0147. The van der Waals surface area contributed by atoms with Crippen molar-refractivity contribution in [1.82, 2.24) is 16.0 Å². The van der Waals surface area contributed by atoms with Gasteiger partial charge in [-0.1, -0.05) is 13.8 Å². The van der Waals surface area contributed by atoms with Crippen molar-refractivity contribution in [2.24, 2.45) is 17.4 Å². The summed E-state index contributed by atoms with van der Waals surface area (Å²) in [5.41, 5.74) is 11.0. The molecule has 5 atom stereocenters. The van der Waals surface area contributed by atoms with Gasteiger partial charge in [0, 0.05) is 0 Å². The lowest BCUT2D eigenvalue weighted by atomic mass is 10.0. The third-order valence-electron chi connectivity index (χ3n) is 4.54. The van der Waals surface area contributed by atoms with Gasteiger partial charge in [-0.2, -0.15) is 0 Å². The van der Waals surface area contributed by atoms with Crippen molar-refractivity contribution in [1.29, 1.82) is 0 Å². The van der Waals surface area contributed by atoms with E-state index >= 15 is 0 Å². The maximum absolute atomic E-state index is 12.7. The minimum atomic E-state index is -1.42. The molecule has 0 saturated carbocycles. The molecule has 180 valence electrons. The van der Waals surface area contributed by atoms with Crippen LogP contribution in [-0.4, -0.2) is 82.4 Å². The van der Waals surface area contributed by atoms with E-state index in [0.717, 1.165) is 0 Å². The molecule has 5 unspecified atom stereocenters. The first kappa shape index (κ1) is 28.7. The van der Waals surface area contributed by atoms with Gasteiger partial charge in [-0.15, -0.1) is 0 Å². The zero-order valence-corrected chi connectivity index (χ0v) is 18.3. The van der Waals surface area contributed by atoms with Crippen LogP contribution in [0, 0.1) is 5.92 Å². The van der Waals surface area contributed by atoms with Gasteiger partial charge >= 0.3 is 5.97 Å². The lowest BCUT2D eigenvalue weighted by Crippen LogP contribution is -2.59. The van der Waals surface area contributed by atoms with Crippen LogP contribution in [-0.2, 0) is 19.2 Å². The minimum Gasteiger partial charge on any atom is -0.480 e. The molecule has 0 radical (unpaired) electrons. The van der Waals surface area contributed by atoms with Crippen LogP contribution in [0.1, 0.15) is 46.5 Å². The van der Waals surface area contributed by atoms with Crippen molar-refractivity contribution in [2.45, 2.75) is 76.7 Å². The van der Waals surface area contributed by atoms with Crippen molar-refractivity contribution in [3.63, 3.8) is 0 Å². The van der Waals surface area contributed by atoms with Crippen molar-refractivity contribution in [3.8, 4) is 0 Å². The van der Waals surface area contributed by atoms with Crippen LogP contribution < -0.4 is 27.4 Å². The molecule has 0 aliphatic carbocycles. The highest BCUT2D eigenvalue weighted by molar-refractivity contribution is 5.94. The summed E-state index contributed by atoms with van der Waals surface area (Å²) in [6.07, 6.45) is 0.292. The average molecular weight is 448 g/mol. The maximum Gasteiger partial charge on any atom is 0.326 e. The highest BCUT2D eigenvalue weighted by Crippen LogP contribution is 2.07. The summed E-state index contributed by atoms with van der Waals surface area (Å²) in [6, 6.07) is -4.93. The number of carboxylic acids is 1. The number of nitrogens with one attached hydrogen (secondary N) is 3. The molecule has 0 spiro atoms. The summed E-state index contributed by atoms with van der Waals surface area (Å²) in [6.45, 7) is 4.58. The highest BCUT2D eigenvalue weighted by atomic mass is 16.4. The fraction of sp³-hybridized carbons (Fsp3) is 0.789. The molecule has 0 fully saturated rings. The molecule has 0 aromatic rings. The molecule has 12 heteroatoms. The number of carbonyl (C=O) groups excluding carboxylic acids is 3. The summed E-state index contributed by atoms with van der Waals surface area (Å²) in [7, 11) is 0. The van der Waals surface area contributed by atoms with Crippen molar-refractivity contribution >= 4 is 23.7 Å². The lowest BCUT2D eigenvalue weighted by molar-refractivity contribution is -0.142. The van der Waals surface area contributed by atoms with E-state index in [-0.39, 0.29) is 18.8 Å². The van der Waals surface area contributed by atoms with Crippen molar-refractivity contribution < 1.29 is 34.5 Å². The number of carbonyl (C=O) groups is 4. The Hall–Kier alpha value is -2.28. The molecule has 0 aromatic heterocycles. The number of amides is 3. The van der Waals surface area contributed by atoms with Gasteiger partial charge in [0.15, 0.2) is 0 Å². The van der Waals surface area contributed by atoms with Gasteiger partial charge in [0.05, 0.1) is 12.7 Å².